The van der Waals surface area contributed by atoms with Gasteiger partial charge in [-0.25, -0.2) is 0 Å². The van der Waals surface area contributed by atoms with E-state index in [0.717, 1.165) is 32.7 Å². The molecular weight excluding hydrogens is 560 g/mol. The highest BCUT2D eigenvalue weighted by Gasteiger charge is 2.49. The van der Waals surface area contributed by atoms with Crippen molar-refractivity contribution in [2.75, 3.05) is 6.54 Å². The van der Waals surface area contributed by atoms with Gasteiger partial charge in [-0.2, -0.15) is 0 Å². The number of ether oxygens (including phenoxy) is 4. The van der Waals surface area contributed by atoms with E-state index in [-0.39, 0.29) is 26.2 Å². The van der Waals surface area contributed by atoms with E-state index >= 15 is 0 Å². The second-order valence-corrected chi connectivity index (χ2v) is 11.8. The zero-order valence-electron chi connectivity index (χ0n) is 24.5. The van der Waals surface area contributed by atoms with E-state index in [1.54, 1.807) is 0 Å². The Labute approximate surface area is 256 Å². The molecule has 10 heteroatoms. The normalized spacial score (nSPS) is 32.7. The first-order chi connectivity index (χ1) is 21.4. The summed E-state index contributed by atoms with van der Waals surface area (Å²) in [6.45, 7) is 0.652. The van der Waals surface area contributed by atoms with Gasteiger partial charge in [-0.3, -0.25) is 0 Å². The van der Waals surface area contributed by atoms with Crippen LogP contribution < -0.4 is 22.9 Å². The third kappa shape index (κ3) is 6.24. The van der Waals surface area contributed by atoms with E-state index in [0.29, 0.717) is 0 Å². The van der Waals surface area contributed by atoms with Gasteiger partial charge in [0.25, 0.3) is 0 Å². The summed E-state index contributed by atoms with van der Waals surface area (Å²) in [6, 6.07) is 26.3. The largest absolute Gasteiger partial charge is 0.389 e. The molecule has 10 nitrogen and oxygen atoms in total. The first-order valence-electron chi connectivity index (χ1n) is 15.2. The summed E-state index contributed by atoms with van der Waals surface area (Å²) in [5, 5.41) is 25.6. The zero-order chi connectivity index (χ0) is 30.8. The minimum Gasteiger partial charge on any atom is -0.389 e. The van der Waals surface area contributed by atoms with Gasteiger partial charge in [0.05, 0.1) is 25.4 Å². The highest BCUT2D eigenvalue weighted by atomic mass is 16.7. The van der Waals surface area contributed by atoms with E-state index < -0.39 is 61.0 Å². The molecule has 0 bridgehead atoms. The van der Waals surface area contributed by atoms with E-state index in [1.807, 2.05) is 48.5 Å². The number of benzene rings is 4. The van der Waals surface area contributed by atoms with Gasteiger partial charge in [-0.15, -0.1) is 0 Å². The number of fused-ring (bicyclic) bond motifs is 2. The van der Waals surface area contributed by atoms with Crippen LogP contribution in [0.5, 0.6) is 0 Å². The lowest BCUT2D eigenvalue weighted by Gasteiger charge is -2.47. The fourth-order valence-electron chi connectivity index (χ4n) is 6.48. The summed E-state index contributed by atoms with van der Waals surface area (Å²) in [4.78, 5) is 0. The first-order valence-corrected chi connectivity index (χ1v) is 15.2. The van der Waals surface area contributed by atoms with Crippen molar-refractivity contribution in [3.63, 3.8) is 0 Å². The molecule has 4 aromatic carbocycles. The van der Waals surface area contributed by atoms with Crippen molar-refractivity contribution in [3.05, 3.63) is 96.1 Å². The Kier molecular flexibility index (Phi) is 9.55. The maximum atomic E-state index is 10.8. The first kappa shape index (κ1) is 31.0. The molecule has 10 atom stereocenters. The van der Waals surface area contributed by atoms with Crippen molar-refractivity contribution in [2.45, 2.75) is 80.7 Å². The van der Waals surface area contributed by atoms with E-state index in [1.165, 1.54) is 0 Å². The molecule has 1 heterocycles. The van der Waals surface area contributed by atoms with Gasteiger partial charge < -0.3 is 52.1 Å². The number of aliphatic hydroxyl groups is 2. The second kappa shape index (κ2) is 13.6. The molecule has 44 heavy (non-hydrogen) atoms. The highest BCUT2D eigenvalue weighted by Crippen LogP contribution is 2.32. The quantitative estimate of drug-likeness (QED) is 0.165. The van der Waals surface area contributed by atoms with Crippen LogP contribution in [-0.4, -0.2) is 77.8 Å². The molecular formula is C34H42N4O6. The van der Waals surface area contributed by atoms with Crippen molar-refractivity contribution in [2.24, 2.45) is 22.9 Å². The molecule has 234 valence electrons. The maximum absolute atomic E-state index is 10.8. The van der Waals surface area contributed by atoms with Crippen molar-refractivity contribution in [3.8, 4) is 0 Å². The predicted octanol–water partition coefficient (Wildman–Crippen LogP) is 1.64. The van der Waals surface area contributed by atoms with Crippen LogP contribution in [0.4, 0.5) is 0 Å². The molecule has 0 aromatic heterocycles. The molecule has 0 amide bonds. The van der Waals surface area contributed by atoms with Crippen LogP contribution in [0.25, 0.3) is 21.5 Å². The van der Waals surface area contributed by atoms with Gasteiger partial charge in [-0.1, -0.05) is 84.9 Å². The maximum Gasteiger partial charge on any atom is 0.176 e. The smallest absolute Gasteiger partial charge is 0.176 e. The Morgan fingerprint density at radius 2 is 1.20 bits per heavy atom. The Morgan fingerprint density at radius 1 is 0.659 bits per heavy atom. The van der Waals surface area contributed by atoms with Crippen LogP contribution in [-0.2, 0) is 32.2 Å². The summed E-state index contributed by atoms with van der Waals surface area (Å²) in [6.07, 6.45) is -6.19. The molecule has 1 saturated carbocycles. The number of rotatable bonds is 9. The fourth-order valence-corrected chi connectivity index (χ4v) is 6.48. The summed E-state index contributed by atoms with van der Waals surface area (Å²) < 4.78 is 25.7. The van der Waals surface area contributed by atoms with E-state index in [2.05, 4.69) is 36.4 Å². The van der Waals surface area contributed by atoms with Crippen LogP contribution in [0.3, 0.4) is 0 Å². The molecule has 0 radical (unpaired) electrons. The summed E-state index contributed by atoms with van der Waals surface area (Å²) in [5.74, 6) is 0. The number of hydrogen-bond donors (Lipinski definition) is 6. The van der Waals surface area contributed by atoms with Gasteiger partial charge in [0, 0.05) is 18.6 Å². The number of aliphatic hydroxyl groups excluding tert-OH is 2. The van der Waals surface area contributed by atoms with Crippen LogP contribution >= 0.6 is 0 Å². The van der Waals surface area contributed by atoms with E-state index in [4.69, 9.17) is 41.9 Å². The topological polar surface area (TPSA) is 181 Å². The lowest BCUT2D eigenvalue weighted by molar-refractivity contribution is -0.300. The van der Waals surface area contributed by atoms with Crippen LogP contribution in [0.1, 0.15) is 17.5 Å². The molecule has 10 N–H and O–H groups in total. The number of nitrogens with two attached hydrogens (primary N) is 4. The molecule has 1 aliphatic heterocycles. The Bertz CT molecular complexity index is 1550. The van der Waals surface area contributed by atoms with Gasteiger partial charge in [0.15, 0.2) is 6.29 Å². The lowest BCUT2D eigenvalue weighted by Crippen LogP contribution is -2.68. The molecule has 1 saturated heterocycles. The molecule has 0 spiro atoms. The standard InChI is InChI=1S/C34H42N4O6/c35-16-27-32(41-17-21-11-5-9-19-7-1-3-13-23(19)21)33(42-18-22-12-6-10-20-8-2-4-14-24(20)22)28(38)34(43-27)44-31-26(37)15-25(36)29(39)30(31)40/h1-14,25-34,39-40H,15-18,35-38H2/t25-,26+,27-,28-,29+,30-,31-,32-,33-,34-/m1/s1. The molecule has 4 aromatic rings. The monoisotopic (exact) mass is 602 g/mol. The molecule has 1 aliphatic carbocycles. The third-order valence-corrected chi connectivity index (χ3v) is 8.93. The van der Waals surface area contributed by atoms with Crippen molar-refractivity contribution < 1.29 is 29.2 Å². The van der Waals surface area contributed by atoms with Crippen molar-refractivity contribution in [1.82, 2.24) is 0 Å². The van der Waals surface area contributed by atoms with Crippen molar-refractivity contribution >= 4 is 21.5 Å². The molecule has 2 aliphatic rings. The summed E-state index contributed by atoms with van der Waals surface area (Å²) in [5.41, 5.74) is 27.4. The van der Waals surface area contributed by atoms with Gasteiger partial charge in [0.1, 0.15) is 30.5 Å². The average Bonchev–Trinajstić information content (AvgIpc) is 3.04. The Hall–Kier alpha value is -3.00. The molecule has 6 rings (SSSR count). The fraction of sp³-hybridized carbons (Fsp3) is 0.412. The van der Waals surface area contributed by atoms with Gasteiger partial charge in [-0.05, 0) is 39.1 Å². The Balaban J connectivity index is 1.27. The lowest BCUT2D eigenvalue weighted by atomic mass is 9.84. The SMILES string of the molecule is NC[C@H]1O[C@H](O[C@H]2[C@H](O)[C@@H](O)[C@H](N)C[C@@H]2N)[C@H](N)[C@@H](OCc2cccc3ccccc23)[C@@H]1OCc1cccc2ccccc12. The Morgan fingerprint density at radius 3 is 1.80 bits per heavy atom. The summed E-state index contributed by atoms with van der Waals surface area (Å²) in [7, 11) is 0. The minimum atomic E-state index is -1.31. The second-order valence-electron chi connectivity index (χ2n) is 11.8. The average molecular weight is 603 g/mol. The highest BCUT2D eigenvalue weighted by molar-refractivity contribution is 5.86. The van der Waals surface area contributed by atoms with Crippen molar-refractivity contribution in [1.29, 1.82) is 0 Å². The molecule has 2 fully saturated rings. The third-order valence-electron chi connectivity index (χ3n) is 8.93. The minimum absolute atomic E-state index is 0.105. The summed E-state index contributed by atoms with van der Waals surface area (Å²) >= 11 is 0. The molecule has 0 unspecified atom stereocenters. The van der Waals surface area contributed by atoms with E-state index in [9.17, 15) is 10.2 Å². The van der Waals surface area contributed by atoms with Gasteiger partial charge >= 0.3 is 0 Å². The van der Waals surface area contributed by atoms with Gasteiger partial charge in [0.2, 0.25) is 0 Å². The van der Waals surface area contributed by atoms with Crippen LogP contribution in [0, 0.1) is 0 Å². The zero-order valence-corrected chi connectivity index (χ0v) is 24.5. The predicted molar refractivity (Wildman–Crippen MR) is 168 cm³/mol. The van der Waals surface area contributed by atoms with Crippen LogP contribution in [0.15, 0.2) is 84.9 Å². The number of hydrogen-bond acceptors (Lipinski definition) is 10. The van der Waals surface area contributed by atoms with Crippen LogP contribution in [0.2, 0.25) is 0 Å².